The molecule has 1 aliphatic heterocycles. The molecule has 0 unspecified atom stereocenters. The average molecular weight is 374 g/mol. The minimum Gasteiger partial charge on any atom is -0.472 e. The molecule has 2 aliphatic rings. The van der Waals surface area contributed by atoms with Crippen molar-refractivity contribution in [2.45, 2.75) is 44.6 Å². The third-order valence-corrected chi connectivity index (χ3v) is 5.71. The lowest BCUT2D eigenvalue weighted by molar-refractivity contribution is -0.116. The van der Waals surface area contributed by atoms with Gasteiger partial charge >= 0.3 is 5.91 Å². The van der Waals surface area contributed by atoms with Crippen molar-refractivity contribution in [3.63, 3.8) is 0 Å². The number of carbonyl (C=O) groups excluding carboxylic acids is 1. The summed E-state index contributed by atoms with van der Waals surface area (Å²) >= 11 is 6.08. The highest BCUT2D eigenvalue weighted by molar-refractivity contribution is 6.35. The third-order valence-electron chi connectivity index (χ3n) is 5.47. The van der Waals surface area contributed by atoms with Crippen LogP contribution in [0.4, 0.5) is 0 Å². The molecule has 6 heteroatoms. The van der Waals surface area contributed by atoms with Crippen molar-refractivity contribution in [2.24, 2.45) is 10.9 Å². The predicted octanol–water partition coefficient (Wildman–Crippen LogP) is 3.86. The van der Waals surface area contributed by atoms with Gasteiger partial charge < -0.3 is 15.0 Å². The van der Waals surface area contributed by atoms with E-state index in [-0.39, 0.29) is 17.8 Å². The van der Waals surface area contributed by atoms with Gasteiger partial charge in [-0.15, -0.1) is 0 Å². The average Bonchev–Trinajstić information content (AvgIpc) is 3.30. The number of ether oxygens (including phenoxy) is 1. The number of carbonyl (C=O) groups is 1. The van der Waals surface area contributed by atoms with Crippen molar-refractivity contribution in [3.05, 3.63) is 35.0 Å². The maximum atomic E-state index is 12.3. The number of halogens is 1. The molecule has 1 amide bonds. The first-order valence-corrected chi connectivity index (χ1v) is 9.83. The van der Waals surface area contributed by atoms with Gasteiger partial charge in [-0.25, -0.2) is 4.99 Å². The third kappa shape index (κ3) is 3.73. The van der Waals surface area contributed by atoms with Crippen molar-refractivity contribution in [1.29, 1.82) is 0 Å². The van der Waals surface area contributed by atoms with Crippen LogP contribution in [0.3, 0.4) is 0 Å². The van der Waals surface area contributed by atoms with Crippen LogP contribution in [0.1, 0.15) is 37.7 Å². The van der Waals surface area contributed by atoms with E-state index in [9.17, 15) is 4.79 Å². The summed E-state index contributed by atoms with van der Waals surface area (Å²) in [5.41, 5.74) is 2.19. The number of rotatable bonds is 5. The van der Waals surface area contributed by atoms with Crippen molar-refractivity contribution >= 4 is 34.3 Å². The Kier molecular flexibility index (Phi) is 5.16. The molecule has 2 heterocycles. The van der Waals surface area contributed by atoms with Gasteiger partial charge in [-0.2, -0.15) is 0 Å². The Morgan fingerprint density at radius 3 is 3.00 bits per heavy atom. The molecule has 1 aromatic heterocycles. The number of nitrogens with zero attached hydrogens (tertiary/aromatic N) is 1. The van der Waals surface area contributed by atoms with Gasteiger partial charge in [0, 0.05) is 28.7 Å². The number of amides is 1. The molecule has 0 radical (unpaired) electrons. The smallest absolute Gasteiger partial charge is 0.306 e. The van der Waals surface area contributed by atoms with E-state index < -0.39 is 0 Å². The largest absolute Gasteiger partial charge is 0.472 e. The molecule has 1 fully saturated rings. The van der Waals surface area contributed by atoms with Gasteiger partial charge in [0.1, 0.15) is 6.61 Å². The molecule has 2 aromatic rings. The van der Waals surface area contributed by atoms with E-state index in [1.165, 1.54) is 32.1 Å². The molecule has 0 bridgehead atoms. The maximum absolute atomic E-state index is 12.3. The van der Waals surface area contributed by atoms with Crippen molar-refractivity contribution < 1.29 is 9.53 Å². The number of hydrogen-bond acceptors (Lipinski definition) is 3. The highest BCUT2D eigenvalue weighted by Gasteiger charge is 2.31. The first kappa shape index (κ1) is 17.4. The quantitative estimate of drug-likeness (QED) is 0.835. The second-order valence-corrected chi connectivity index (χ2v) is 7.66. The van der Waals surface area contributed by atoms with Crippen molar-refractivity contribution in [2.75, 3.05) is 13.2 Å². The Bertz CT molecular complexity index is 824. The van der Waals surface area contributed by atoms with Crippen LogP contribution in [0.2, 0.25) is 5.02 Å². The second-order valence-electron chi connectivity index (χ2n) is 7.22. The number of benzene rings is 1. The van der Waals surface area contributed by atoms with E-state index in [1.54, 1.807) is 0 Å². The van der Waals surface area contributed by atoms with Crippen LogP contribution in [0.15, 0.2) is 29.4 Å². The number of aliphatic imine (C=N–C) groups is 1. The van der Waals surface area contributed by atoms with Crippen LogP contribution in [-0.2, 0) is 16.0 Å². The van der Waals surface area contributed by atoms with E-state index in [4.69, 9.17) is 16.3 Å². The molecule has 1 saturated carbocycles. The van der Waals surface area contributed by atoms with E-state index in [0.717, 1.165) is 22.9 Å². The van der Waals surface area contributed by atoms with Gasteiger partial charge in [0.05, 0.1) is 6.04 Å². The van der Waals surface area contributed by atoms with Crippen molar-refractivity contribution in [1.82, 2.24) is 10.3 Å². The number of aromatic nitrogens is 1. The van der Waals surface area contributed by atoms with E-state index in [1.807, 2.05) is 24.4 Å². The lowest BCUT2D eigenvalue weighted by atomic mass is 9.84. The topological polar surface area (TPSA) is 66.5 Å². The van der Waals surface area contributed by atoms with Crippen LogP contribution in [0, 0.1) is 5.92 Å². The van der Waals surface area contributed by atoms with E-state index >= 15 is 0 Å². The predicted molar refractivity (Wildman–Crippen MR) is 104 cm³/mol. The molecular formula is C20H24ClN3O2. The molecule has 5 nitrogen and oxygen atoms in total. The number of aromatic amines is 1. The normalized spacial score (nSPS) is 20.8. The zero-order valence-electron chi connectivity index (χ0n) is 14.8. The Morgan fingerprint density at radius 1 is 1.31 bits per heavy atom. The number of hydrogen-bond donors (Lipinski definition) is 2. The number of fused-ring (bicyclic) bond motifs is 1. The molecule has 0 saturated heterocycles. The lowest BCUT2D eigenvalue weighted by Crippen LogP contribution is -2.32. The summed E-state index contributed by atoms with van der Waals surface area (Å²) < 4.78 is 5.57. The second kappa shape index (κ2) is 7.70. The molecule has 1 aliphatic carbocycles. The highest BCUT2D eigenvalue weighted by atomic mass is 35.5. The summed E-state index contributed by atoms with van der Waals surface area (Å²) in [5.74, 6) is 0.619. The van der Waals surface area contributed by atoms with Gasteiger partial charge in [-0.3, -0.25) is 4.79 Å². The van der Waals surface area contributed by atoms with Gasteiger partial charge in [-0.05, 0) is 48.9 Å². The highest BCUT2D eigenvalue weighted by Crippen LogP contribution is 2.30. The number of H-pyrrole nitrogens is 1. The molecule has 138 valence electrons. The standard InChI is InChI=1S/C20H24ClN3O2/c21-15-6-7-17-16(10-15)14(11-23-17)8-9-22-19(25)20-24-18(12-26-20)13-4-2-1-3-5-13/h6-7,10-11,13,18,23H,1-5,8-9,12H2,(H,22,25)/t18-/m1/s1. The first-order valence-electron chi connectivity index (χ1n) is 9.45. The van der Waals surface area contributed by atoms with Crippen LogP contribution in [0.5, 0.6) is 0 Å². The monoisotopic (exact) mass is 373 g/mol. The zero-order chi connectivity index (χ0) is 17.9. The lowest BCUT2D eigenvalue weighted by Gasteiger charge is -2.24. The molecule has 1 atom stereocenters. The maximum Gasteiger partial charge on any atom is 0.306 e. The van der Waals surface area contributed by atoms with Gasteiger partial charge in [0.2, 0.25) is 0 Å². The molecule has 0 spiro atoms. The molecule has 1 aromatic carbocycles. The molecule has 2 N–H and O–H groups in total. The van der Waals surface area contributed by atoms with Crippen molar-refractivity contribution in [3.8, 4) is 0 Å². The fraction of sp³-hybridized carbons (Fsp3) is 0.500. The Labute approximate surface area is 158 Å². The Hall–Kier alpha value is -2.01. The zero-order valence-corrected chi connectivity index (χ0v) is 15.5. The fourth-order valence-electron chi connectivity index (χ4n) is 4.02. The van der Waals surface area contributed by atoms with Gasteiger partial charge in [-0.1, -0.05) is 30.9 Å². The first-order chi connectivity index (χ1) is 12.7. The SMILES string of the molecule is O=C(NCCc1c[nH]c2ccc(Cl)cc12)C1=N[C@@H](C2CCCCC2)CO1. The summed E-state index contributed by atoms with van der Waals surface area (Å²) in [6.45, 7) is 1.09. The minimum atomic E-state index is -0.207. The molecule has 26 heavy (non-hydrogen) atoms. The van der Waals surface area contributed by atoms with Gasteiger partial charge in [0.15, 0.2) is 0 Å². The van der Waals surface area contributed by atoms with Gasteiger partial charge in [0.25, 0.3) is 5.90 Å². The van der Waals surface area contributed by atoms with E-state index in [2.05, 4.69) is 15.3 Å². The van der Waals surface area contributed by atoms with Crippen LogP contribution < -0.4 is 5.32 Å². The summed E-state index contributed by atoms with van der Waals surface area (Å²) in [6, 6.07) is 5.94. The fourth-order valence-corrected chi connectivity index (χ4v) is 4.19. The summed E-state index contributed by atoms with van der Waals surface area (Å²) in [4.78, 5) is 20.1. The molecular weight excluding hydrogens is 350 g/mol. The summed E-state index contributed by atoms with van der Waals surface area (Å²) in [6.07, 6.45) is 8.96. The summed E-state index contributed by atoms with van der Waals surface area (Å²) in [5, 5.41) is 4.73. The minimum absolute atomic E-state index is 0.159. The van der Waals surface area contributed by atoms with Crippen LogP contribution in [0.25, 0.3) is 10.9 Å². The van der Waals surface area contributed by atoms with Crippen LogP contribution >= 0.6 is 11.6 Å². The van der Waals surface area contributed by atoms with Crippen LogP contribution in [-0.4, -0.2) is 36.0 Å². The number of nitrogens with one attached hydrogen (secondary N) is 2. The molecule has 4 rings (SSSR count). The Balaban J connectivity index is 1.31. The van der Waals surface area contributed by atoms with E-state index in [0.29, 0.717) is 24.1 Å². The Morgan fingerprint density at radius 2 is 2.15 bits per heavy atom. The summed E-state index contributed by atoms with van der Waals surface area (Å²) in [7, 11) is 0.